The van der Waals surface area contributed by atoms with E-state index >= 15 is 0 Å². The zero-order valence-corrected chi connectivity index (χ0v) is 9.22. The molecule has 0 amide bonds. The minimum absolute atomic E-state index is 0.668. The van der Waals surface area contributed by atoms with Gasteiger partial charge in [-0.2, -0.15) is 0 Å². The maximum Gasteiger partial charge on any atom is 0.0255 e. The molecule has 0 radical (unpaired) electrons. The van der Waals surface area contributed by atoms with Crippen LogP contribution in [0.4, 0.5) is 0 Å². The second-order valence-electron chi connectivity index (χ2n) is 4.07. The minimum Gasteiger partial charge on any atom is -0.0840 e. The second kappa shape index (κ2) is 4.70. The molecule has 1 aromatic rings. The van der Waals surface area contributed by atoms with Gasteiger partial charge in [0.15, 0.2) is 0 Å². The number of hydrogen-bond acceptors (Lipinski definition) is 1. The van der Waals surface area contributed by atoms with Crippen molar-refractivity contribution in [1.29, 1.82) is 0 Å². The molecule has 1 heteroatoms. The van der Waals surface area contributed by atoms with Gasteiger partial charge in [0.05, 0.1) is 0 Å². The zero-order chi connectivity index (χ0) is 9.80. The highest BCUT2D eigenvalue weighted by Crippen LogP contribution is 2.27. The highest BCUT2D eigenvalue weighted by molar-refractivity contribution is 7.80. The van der Waals surface area contributed by atoms with Crippen LogP contribution in [0.5, 0.6) is 0 Å². The molecule has 0 unspecified atom stereocenters. The Hall–Kier alpha value is -0.690. The van der Waals surface area contributed by atoms with E-state index in [4.69, 9.17) is 12.2 Å². The molecule has 1 aliphatic rings. The van der Waals surface area contributed by atoms with Crippen LogP contribution in [0.15, 0.2) is 30.3 Å². The van der Waals surface area contributed by atoms with Gasteiger partial charge in [0, 0.05) is 4.86 Å². The monoisotopic (exact) mass is 204 g/mol. The normalized spacial score (nSPS) is 18.0. The van der Waals surface area contributed by atoms with Crippen molar-refractivity contribution in [1.82, 2.24) is 0 Å². The summed E-state index contributed by atoms with van der Waals surface area (Å²) in [5.74, 6) is 0.668. The third kappa shape index (κ3) is 2.21. The predicted octanol–water partition coefficient (Wildman–Crippen LogP) is 3.98. The summed E-state index contributed by atoms with van der Waals surface area (Å²) in [6.07, 6.45) is 6.71. The Bertz CT molecular complexity index is 296. The predicted molar refractivity (Wildman–Crippen MR) is 64.7 cm³/mol. The number of thiocarbonyl (C=S) groups is 1. The lowest BCUT2D eigenvalue weighted by Gasteiger charge is -2.22. The molecule has 0 aromatic heterocycles. The highest BCUT2D eigenvalue weighted by atomic mass is 32.1. The van der Waals surface area contributed by atoms with Gasteiger partial charge < -0.3 is 0 Å². The van der Waals surface area contributed by atoms with E-state index in [2.05, 4.69) is 24.3 Å². The molecule has 1 fully saturated rings. The topological polar surface area (TPSA) is 0 Å². The van der Waals surface area contributed by atoms with Crippen LogP contribution in [0.25, 0.3) is 0 Å². The quantitative estimate of drug-likeness (QED) is 0.518. The molecule has 2 rings (SSSR count). The summed E-state index contributed by atoms with van der Waals surface area (Å²) in [5.41, 5.74) is 1.26. The van der Waals surface area contributed by atoms with E-state index in [1.807, 2.05) is 6.07 Å². The summed E-state index contributed by atoms with van der Waals surface area (Å²) < 4.78 is 0. The fourth-order valence-corrected chi connectivity index (χ4v) is 2.57. The summed E-state index contributed by atoms with van der Waals surface area (Å²) in [4.78, 5) is 1.19. The van der Waals surface area contributed by atoms with E-state index < -0.39 is 0 Å². The Morgan fingerprint density at radius 2 is 1.64 bits per heavy atom. The van der Waals surface area contributed by atoms with Gasteiger partial charge in [-0.05, 0) is 24.3 Å². The average Bonchev–Trinajstić information content (AvgIpc) is 2.30. The molecule has 1 aliphatic carbocycles. The Labute approximate surface area is 91.3 Å². The van der Waals surface area contributed by atoms with E-state index in [1.165, 1.54) is 42.5 Å². The zero-order valence-electron chi connectivity index (χ0n) is 8.41. The molecular weight excluding hydrogens is 188 g/mol. The van der Waals surface area contributed by atoms with Gasteiger partial charge in [-0.1, -0.05) is 61.8 Å². The number of hydrogen-bond donors (Lipinski definition) is 0. The van der Waals surface area contributed by atoms with Crippen LogP contribution in [-0.4, -0.2) is 4.86 Å². The average molecular weight is 204 g/mol. The molecule has 0 heterocycles. The Kier molecular flexibility index (Phi) is 3.30. The molecule has 0 bridgehead atoms. The van der Waals surface area contributed by atoms with E-state index in [0.717, 1.165) is 0 Å². The van der Waals surface area contributed by atoms with Crippen molar-refractivity contribution >= 4 is 17.1 Å². The lowest BCUT2D eigenvalue weighted by molar-refractivity contribution is 0.443. The van der Waals surface area contributed by atoms with Gasteiger partial charge in [0.25, 0.3) is 0 Å². The third-order valence-corrected chi connectivity index (χ3v) is 3.60. The van der Waals surface area contributed by atoms with Crippen molar-refractivity contribution < 1.29 is 0 Å². The van der Waals surface area contributed by atoms with Crippen molar-refractivity contribution in [3.63, 3.8) is 0 Å². The SMILES string of the molecule is S=C(c1ccccc1)C1CCCCC1. The van der Waals surface area contributed by atoms with Gasteiger partial charge in [-0.25, -0.2) is 0 Å². The Morgan fingerprint density at radius 3 is 2.29 bits per heavy atom. The Morgan fingerprint density at radius 1 is 1.00 bits per heavy atom. The van der Waals surface area contributed by atoms with E-state index in [0.29, 0.717) is 5.92 Å². The smallest absolute Gasteiger partial charge is 0.0255 e. The van der Waals surface area contributed by atoms with Gasteiger partial charge in [0.2, 0.25) is 0 Å². The van der Waals surface area contributed by atoms with Crippen LogP contribution in [-0.2, 0) is 0 Å². The van der Waals surface area contributed by atoms with E-state index in [9.17, 15) is 0 Å². The molecule has 1 aromatic carbocycles. The van der Waals surface area contributed by atoms with Crippen molar-refractivity contribution in [2.75, 3.05) is 0 Å². The molecule has 0 N–H and O–H groups in total. The summed E-state index contributed by atoms with van der Waals surface area (Å²) in [6.45, 7) is 0. The molecule has 0 atom stereocenters. The summed E-state index contributed by atoms with van der Waals surface area (Å²) in [6, 6.07) is 10.5. The largest absolute Gasteiger partial charge is 0.0840 e. The molecule has 0 nitrogen and oxygen atoms in total. The van der Waals surface area contributed by atoms with Crippen molar-refractivity contribution in [2.45, 2.75) is 32.1 Å². The molecule has 74 valence electrons. The molecule has 0 saturated heterocycles. The lowest BCUT2D eigenvalue weighted by Crippen LogP contribution is -2.16. The molecule has 0 aliphatic heterocycles. The first kappa shape index (κ1) is 9.85. The maximum absolute atomic E-state index is 5.54. The standard InChI is InChI=1S/C13H16S/c14-13(11-7-3-1-4-8-11)12-9-5-2-6-10-12/h1,3-4,7-8,12H,2,5-6,9-10H2. The van der Waals surface area contributed by atoms with Crippen LogP contribution in [0.1, 0.15) is 37.7 Å². The Balaban J connectivity index is 2.07. The number of benzene rings is 1. The van der Waals surface area contributed by atoms with Gasteiger partial charge in [-0.15, -0.1) is 0 Å². The van der Waals surface area contributed by atoms with Crippen LogP contribution < -0.4 is 0 Å². The summed E-state index contributed by atoms with van der Waals surface area (Å²) in [7, 11) is 0. The van der Waals surface area contributed by atoms with E-state index in [-0.39, 0.29) is 0 Å². The van der Waals surface area contributed by atoms with Crippen LogP contribution >= 0.6 is 12.2 Å². The highest BCUT2D eigenvalue weighted by Gasteiger charge is 2.18. The summed E-state index contributed by atoms with van der Waals surface area (Å²) >= 11 is 5.54. The van der Waals surface area contributed by atoms with Crippen molar-refractivity contribution in [3.8, 4) is 0 Å². The third-order valence-electron chi connectivity index (χ3n) is 3.03. The summed E-state index contributed by atoms with van der Waals surface area (Å²) in [5, 5.41) is 0. The van der Waals surface area contributed by atoms with Gasteiger partial charge >= 0.3 is 0 Å². The maximum atomic E-state index is 5.54. The fraction of sp³-hybridized carbons (Fsp3) is 0.462. The van der Waals surface area contributed by atoms with Crippen LogP contribution in [0.3, 0.4) is 0 Å². The van der Waals surface area contributed by atoms with Crippen LogP contribution in [0, 0.1) is 5.92 Å². The first-order valence-electron chi connectivity index (χ1n) is 5.47. The molecule has 1 saturated carbocycles. The lowest BCUT2D eigenvalue weighted by atomic mass is 9.85. The van der Waals surface area contributed by atoms with Gasteiger partial charge in [-0.3, -0.25) is 0 Å². The van der Waals surface area contributed by atoms with Crippen molar-refractivity contribution in [3.05, 3.63) is 35.9 Å². The first-order chi connectivity index (χ1) is 6.88. The minimum atomic E-state index is 0.668. The molecule has 14 heavy (non-hydrogen) atoms. The second-order valence-corrected chi connectivity index (χ2v) is 4.51. The van der Waals surface area contributed by atoms with Crippen molar-refractivity contribution in [2.24, 2.45) is 5.92 Å². The van der Waals surface area contributed by atoms with E-state index in [1.54, 1.807) is 0 Å². The molecule has 0 spiro atoms. The molecular formula is C13H16S. The van der Waals surface area contributed by atoms with Gasteiger partial charge in [0.1, 0.15) is 0 Å². The number of rotatable bonds is 2. The first-order valence-corrected chi connectivity index (χ1v) is 5.88. The van der Waals surface area contributed by atoms with Crippen LogP contribution in [0.2, 0.25) is 0 Å². The fourth-order valence-electron chi connectivity index (χ4n) is 2.20.